The van der Waals surface area contributed by atoms with E-state index >= 15 is 0 Å². The molecule has 3 N–H and O–H groups in total. The number of methoxy groups -OCH3 is 1. The maximum Gasteiger partial charge on any atom is 0.142 e. The van der Waals surface area contributed by atoms with Crippen molar-refractivity contribution < 1.29 is 4.74 Å². The van der Waals surface area contributed by atoms with E-state index in [-0.39, 0.29) is 6.29 Å². The van der Waals surface area contributed by atoms with Gasteiger partial charge >= 0.3 is 0 Å². The van der Waals surface area contributed by atoms with Crippen molar-refractivity contribution in [3.05, 3.63) is 17.2 Å². The lowest BCUT2D eigenvalue weighted by Gasteiger charge is -2.29. The molecule has 1 aromatic carbocycles. The first-order chi connectivity index (χ1) is 8.99. The largest absolute Gasteiger partial charge is 0.495 e. The molecule has 104 valence electrons. The van der Waals surface area contributed by atoms with Crippen LogP contribution in [0.15, 0.2) is 17.0 Å². The van der Waals surface area contributed by atoms with Crippen molar-refractivity contribution in [2.24, 2.45) is 5.41 Å². The lowest BCUT2D eigenvalue weighted by molar-refractivity contribution is 0.413. The van der Waals surface area contributed by atoms with Gasteiger partial charge in [0.05, 0.1) is 17.8 Å². The quantitative estimate of drug-likeness (QED) is 0.749. The summed E-state index contributed by atoms with van der Waals surface area (Å²) in [6, 6.07) is 4.42. The molecule has 4 nitrogen and oxygen atoms in total. The summed E-state index contributed by atoms with van der Waals surface area (Å²) in [6.45, 7) is 4.55. The van der Waals surface area contributed by atoms with Crippen molar-refractivity contribution in [3.63, 3.8) is 0 Å². The maximum absolute atomic E-state index is 6.16. The van der Waals surface area contributed by atoms with Gasteiger partial charge in [-0.3, -0.25) is 5.32 Å². The van der Waals surface area contributed by atoms with E-state index in [0.29, 0.717) is 22.2 Å². The summed E-state index contributed by atoms with van der Waals surface area (Å²) in [5.41, 5.74) is 1.44. The van der Waals surface area contributed by atoms with Crippen molar-refractivity contribution >= 4 is 29.2 Å². The number of hydrogen-bond donors (Lipinski definition) is 3. The van der Waals surface area contributed by atoms with Gasteiger partial charge in [-0.15, -0.1) is 0 Å². The van der Waals surface area contributed by atoms with Gasteiger partial charge in [0.15, 0.2) is 0 Å². The number of hydrogen-bond acceptors (Lipinski definition) is 5. The van der Waals surface area contributed by atoms with Gasteiger partial charge in [0, 0.05) is 10.9 Å². The van der Waals surface area contributed by atoms with E-state index in [4.69, 9.17) is 16.3 Å². The Bertz CT molecular complexity index is 509. The van der Waals surface area contributed by atoms with Crippen molar-refractivity contribution in [2.75, 3.05) is 12.4 Å². The summed E-state index contributed by atoms with van der Waals surface area (Å²) in [7, 11) is 1.63. The van der Waals surface area contributed by atoms with E-state index in [1.807, 2.05) is 12.1 Å². The van der Waals surface area contributed by atoms with Crippen molar-refractivity contribution in [3.8, 4) is 5.75 Å². The molecule has 1 aliphatic heterocycles. The van der Waals surface area contributed by atoms with Gasteiger partial charge < -0.3 is 10.1 Å². The van der Waals surface area contributed by atoms with Crippen LogP contribution in [0.25, 0.3) is 0 Å². The Balaban J connectivity index is 1.71. The summed E-state index contributed by atoms with van der Waals surface area (Å²) in [6.07, 6.45) is 1.28. The predicted octanol–water partition coefficient (Wildman–Crippen LogP) is 3.04. The second-order valence-corrected chi connectivity index (χ2v) is 6.98. The Kier molecular flexibility index (Phi) is 3.33. The molecule has 0 radical (unpaired) electrons. The third-order valence-electron chi connectivity index (χ3n) is 3.72. The fourth-order valence-corrected chi connectivity index (χ4v) is 3.23. The first-order valence-electron chi connectivity index (χ1n) is 6.32. The predicted molar refractivity (Wildman–Crippen MR) is 79.7 cm³/mol. The SMILES string of the molecule is COc1cc2c(cc1Cl)NC(NC1CC1(C)C)NS2. The summed E-state index contributed by atoms with van der Waals surface area (Å²) in [4.78, 5) is 1.09. The van der Waals surface area contributed by atoms with E-state index in [1.54, 1.807) is 19.1 Å². The van der Waals surface area contributed by atoms with E-state index in [0.717, 1.165) is 10.6 Å². The average molecular weight is 300 g/mol. The van der Waals surface area contributed by atoms with E-state index < -0.39 is 0 Å². The van der Waals surface area contributed by atoms with E-state index in [9.17, 15) is 0 Å². The summed E-state index contributed by atoms with van der Waals surface area (Å²) >= 11 is 7.75. The standard InChI is InChI=1S/C13H18ClN3OS/c1-13(2)6-11(13)16-12-15-8-4-7(14)9(18-3)5-10(8)19-17-12/h4-5,11-12,15-17H,6H2,1-3H3. The molecule has 1 heterocycles. The number of fused-ring (bicyclic) bond motifs is 1. The zero-order valence-corrected chi connectivity index (χ0v) is 12.8. The molecule has 2 unspecified atom stereocenters. The second kappa shape index (κ2) is 4.74. The highest BCUT2D eigenvalue weighted by Crippen LogP contribution is 2.45. The van der Waals surface area contributed by atoms with Crippen LogP contribution in [0.4, 0.5) is 5.69 Å². The third-order valence-corrected chi connectivity index (χ3v) is 4.93. The Morgan fingerprint density at radius 2 is 2.21 bits per heavy atom. The topological polar surface area (TPSA) is 45.3 Å². The molecule has 2 atom stereocenters. The highest BCUT2D eigenvalue weighted by atomic mass is 35.5. The van der Waals surface area contributed by atoms with Crippen LogP contribution < -0.4 is 20.1 Å². The van der Waals surface area contributed by atoms with Gasteiger partial charge in [-0.25, -0.2) is 4.72 Å². The molecule has 1 saturated carbocycles. The van der Waals surface area contributed by atoms with Crippen LogP contribution in [0.1, 0.15) is 20.3 Å². The number of rotatable bonds is 3. The molecule has 0 aromatic heterocycles. The monoisotopic (exact) mass is 299 g/mol. The number of anilines is 1. The Morgan fingerprint density at radius 3 is 2.84 bits per heavy atom. The molecule has 0 amide bonds. The molecule has 1 fully saturated rings. The molecule has 0 spiro atoms. The Morgan fingerprint density at radius 1 is 1.47 bits per heavy atom. The molecular weight excluding hydrogens is 282 g/mol. The molecule has 2 aliphatic rings. The minimum Gasteiger partial charge on any atom is -0.495 e. The molecule has 3 rings (SSSR count). The number of nitrogens with one attached hydrogen (secondary N) is 3. The van der Waals surface area contributed by atoms with Gasteiger partial charge in [-0.2, -0.15) is 0 Å². The van der Waals surface area contributed by atoms with Crippen LogP contribution in [0.3, 0.4) is 0 Å². The molecule has 6 heteroatoms. The average Bonchev–Trinajstić information content (AvgIpc) is 2.95. The van der Waals surface area contributed by atoms with Crippen LogP contribution in [0.5, 0.6) is 5.75 Å². The summed E-state index contributed by atoms with van der Waals surface area (Å²) in [5, 5.41) is 7.60. The van der Waals surface area contributed by atoms with Crippen LogP contribution in [-0.4, -0.2) is 19.4 Å². The van der Waals surface area contributed by atoms with Crippen LogP contribution in [0, 0.1) is 5.41 Å². The first kappa shape index (κ1) is 13.4. The molecule has 0 bridgehead atoms. The molecule has 1 aromatic rings. The maximum atomic E-state index is 6.16. The van der Waals surface area contributed by atoms with Crippen molar-refractivity contribution in [1.82, 2.24) is 10.0 Å². The first-order valence-corrected chi connectivity index (χ1v) is 7.51. The normalized spacial score (nSPS) is 27.4. The molecule has 0 saturated heterocycles. The van der Waals surface area contributed by atoms with E-state index in [2.05, 4.69) is 29.2 Å². The van der Waals surface area contributed by atoms with Gasteiger partial charge in [0.2, 0.25) is 0 Å². The van der Waals surface area contributed by atoms with Crippen LogP contribution in [0.2, 0.25) is 5.02 Å². The lowest BCUT2D eigenvalue weighted by Crippen LogP contribution is -2.48. The lowest BCUT2D eigenvalue weighted by atomic mass is 10.2. The Hall–Kier alpha value is -0.620. The number of halogens is 1. The summed E-state index contributed by atoms with van der Waals surface area (Å²) < 4.78 is 8.57. The van der Waals surface area contributed by atoms with Gasteiger partial charge in [0.1, 0.15) is 12.0 Å². The van der Waals surface area contributed by atoms with E-state index in [1.165, 1.54) is 6.42 Å². The van der Waals surface area contributed by atoms with Gasteiger partial charge in [-0.05, 0) is 35.9 Å². The molecule has 1 aliphatic carbocycles. The zero-order chi connectivity index (χ0) is 13.6. The smallest absolute Gasteiger partial charge is 0.142 e. The second-order valence-electron chi connectivity index (χ2n) is 5.69. The minimum atomic E-state index is 0.0636. The fraction of sp³-hybridized carbons (Fsp3) is 0.538. The van der Waals surface area contributed by atoms with Crippen LogP contribution in [-0.2, 0) is 0 Å². The number of ether oxygens (including phenoxy) is 1. The molecule has 19 heavy (non-hydrogen) atoms. The number of benzene rings is 1. The van der Waals surface area contributed by atoms with Gasteiger partial charge in [-0.1, -0.05) is 25.4 Å². The molecular formula is C13H18ClN3OS. The van der Waals surface area contributed by atoms with Crippen molar-refractivity contribution in [2.45, 2.75) is 37.5 Å². The Labute approximate surface area is 122 Å². The fourth-order valence-electron chi connectivity index (χ4n) is 2.22. The third kappa shape index (κ3) is 2.65. The zero-order valence-electron chi connectivity index (χ0n) is 11.2. The summed E-state index contributed by atoms with van der Waals surface area (Å²) in [5.74, 6) is 0.700. The van der Waals surface area contributed by atoms with Crippen molar-refractivity contribution in [1.29, 1.82) is 0 Å². The van der Waals surface area contributed by atoms with Gasteiger partial charge in [0.25, 0.3) is 0 Å². The highest BCUT2D eigenvalue weighted by molar-refractivity contribution is 7.97. The highest BCUT2D eigenvalue weighted by Gasteiger charge is 2.46. The minimum absolute atomic E-state index is 0.0636. The van der Waals surface area contributed by atoms with Crippen LogP contribution >= 0.6 is 23.5 Å².